The SMILES string of the molecule is CNCC1CN(CC2CCCCCC2)CCO1. The summed E-state index contributed by atoms with van der Waals surface area (Å²) >= 11 is 0. The van der Waals surface area contributed by atoms with Gasteiger partial charge in [-0.25, -0.2) is 0 Å². The third-order valence-corrected chi connectivity index (χ3v) is 4.15. The summed E-state index contributed by atoms with van der Waals surface area (Å²) in [5.41, 5.74) is 0. The van der Waals surface area contributed by atoms with Crippen molar-refractivity contribution in [2.75, 3.05) is 39.8 Å². The molecule has 1 aliphatic heterocycles. The van der Waals surface area contributed by atoms with Crippen LogP contribution in [0.2, 0.25) is 0 Å². The first kappa shape index (κ1) is 13.3. The van der Waals surface area contributed by atoms with Gasteiger partial charge >= 0.3 is 0 Å². The molecule has 1 saturated carbocycles. The molecule has 3 nitrogen and oxygen atoms in total. The van der Waals surface area contributed by atoms with Crippen LogP contribution in [0.15, 0.2) is 0 Å². The summed E-state index contributed by atoms with van der Waals surface area (Å²) in [4.78, 5) is 2.63. The Labute approximate surface area is 106 Å². The Morgan fingerprint density at radius 3 is 2.65 bits per heavy atom. The van der Waals surface area contributed by atoms with Crippen molar-refractivity contribution < 1.29 is 4.74 Å². The molecule has 1 N–H and O–H groups in total. The zero-order chi connectivity index (χ0) is 11.9. The quantitative estimate of drug-likeness (QED) is 0.759. The number of nitrogens with one attached hydrogen (secondary N) is 1. The summed E-state index contributed by atoms with van der Waals surface area (Å²) in [6.45, 7) is 5.47. The highest BCUT2D eigenvalue weighted by atomic mass is 16.5. The van der Waals surface area contributed by atoms with Crippen LogP contribution in [-0.4, -0.2) is 50.8 Å². The summed E-state index contributed by atoms with van der Waals surface area (Å²) in [6.07, 6.45) is 9.13. The highest BCUT2D eigenvalue weighted by Gasteiger charge is 2.22. The fraction of sp³-hybridized carbons (Fsp3) is 1.00. The molecule has 0 bridgehead atoms. The number of morpholine rings is 1. The predicted octanol–water partition coefficient (Wildman–Crippen LogP) is 1.88. The van der Waals surface area contributed by atoms with E-state index in [-0.39, 0.29) is 0 Å². The Kier molecular flexibility index (Phi) is 5.75. The van der Waals surface area contributed by atoms with Crippen molar-refractivity contribution >= 4 is 0 Å². The van der Waals surface area contributed by atoms with Crippen molar-refractivity contribution in [2.24, 2.45) is 5.92 Å². The predicted molar refractivity (Wildman–Crippen MR) is 71.3 cm³/mol. The first-order valence-electron chi connectivity index (χ1n) is 7.37. The monoisotopic (exact) mass is 240 g/mol. The first-order valence-corrected chi connectivity index (χ1v) is 7.37. The molecule has 0 aromatic carbocycles. The summed E-state index contributed by atoms with van der Waals surface area (Å²) in [6, 6.07) is 0. The molecular formula is C14H28N2O. The lowest BCUT2D eigenvalue weighted by Crippen LogP contribution is -2.47. The Morgan fingerprint density at radius 1 is 1.18 bits per heavy atom. The van der Waals surface area contributed by atoms with E-state index >= 15 is 0 Å². The number of ether oxygens (including phenoxy) is 1. The lowest BCUT2D eigenvalue weighted by Gasteiger charge is -2.35. The third-order valence-electron chi connectivity index (χ3n) is 4.15. The maximum Gasteiger partial charge on any atom is 0.0826 e. The molecule has 0 aromatic rings. The number of likely N-dealkylation sites (N-methyl/N-ethyl adjacent to an activating group) is 1. The van der Waals surface area contributed by atoms with Crippen LogP contribution < -0.4 is 5.32 Å². The third kappa shape index (κ3) is 4.57. The van der Waals surface area contributed by atoms with Gasteiger partial charge in [-0.2, -0.15) is 0 Å². The molecule has 1 saturated heterocycles. The average molecular weight is 240 g/mol. The second-order valence-electron chi connectivity index (χ2n) is 5.67. The fourth-order valence-electron chi connectivity index (χ4n) is 3.21. The minimum absolute atomic E-state index is 0.402. The van der Waals surface area contributed by atoms with E-state index in [1.165, 1.54) is 45.1 Å². The van der Waals surface area contributed by atoms with Crippen molar-refractivity contribution in [1.29, 1.82) is 0 Å². The second kappa shape index (κ2) is 7.34. The molecule has 0 radical (unpaired) electrons. The molecule has 3 heteroatoms. The zero-order valence-corrected chi connectivity index (χ0v) is 11.3. The van der Waals surface area contributed by atoms with Crippen LogP contribution in [0.1, 0.15) is 38.5 Å². The summed E-state index contributed by atoms with van der Waals surface area (Å²) in [5, 5.41) is 3.22. The van der Waals surface area contributed by atoms with E-state index < -0.39 is 0 Å². The highest BCUT2D eigenvalue weighted by molar-refractivity contribution is 4.76. The average Bonchev–Trinajstić information content (AvgIpc) is 2.59. The second-order valence-corrected chi connectivity index (χ2v) is 5.67. The van der Waals surface area contributed by atoms with Crippen LogP contribution in [0.5, 0.6) is 0 Å². The standard InChI is InChI=1S/C14H28N2O/c1-15-10-14-12-16(8-9-17-14)11-13-6-4-2-3-5-7-13/h13-15H,2-12H2,1H3. The lowest BCUT2D eigenvalue weighted by atomic mass is 9.99. The Balaban J connectivity index is 1.73. The van der Waals surface area contributed by atoms with Gasteiger partial charge in [-0.1, -0.05) is 25.7 Å². The molecule has 0 spiro atoms. The van der Waals surface area contributed by atoms with Crippen molar-refractivity contribution in [1.82, 2.24) is 10.2 Å². The molecule has 1 aliphatic carbocycles. The smallest absolute Gasteiger partial charge is 0.0826 e. The minimum atomic E-state index is 0.402. The van der Waals surface area contributed by atoms with Crippen LogP contribution in [0.25, 0.3) is 0 Å². The van der Waals surface area contributed by atoms with Gasteiger partial charge in [0.2, 0.25) is 0 Å². The molecule has 100 valence electrons. The van der Waals surface area contributed by atoms with E-state index in [0.717, 1.165) is 32.2 Å². The van der Waals surface area contributed by atoms with Crippen molar-refractivity contribution in [3.63, 3.8) is 0 Å². The van der Waals surface area contributed by atoms with Gasteiger partial charge in [-0.05, 0) is 25.8 Å². The van der Waals surface area contributed by atoms with Gasteiger partial charge in [0.25, 0.3) is 0 Å². The molecule has 1 unspecified atom stereocenters. The highest BCUT2D eigenvalue weighted by Crippen LogP contribution is 2.24. The Hall–Kier alpha value is -0.120. The van der Waals surface area contributed by atoms with Crippen molar-refractivity contribution in [2.45, 2.75) is 44.6 Å². The molecule has 1 atom stereocenters. The summed E-state index contributed by atoms with van der Waals surface area (Å²) in [7, 11) is 2.01. The number of hydrogen-bond donors (Lipinski definition) is 1. The van der Waals surface area contributed by atoms with Crippen LogP contribution in [0.3, 0.4) is 0 Å². The lowest BCUT2D eigenvalue weighted by molar-refractivity contribution is -0.0313. The maximum atomic E-state index is 5.76. The molecule has 2 fully saturated rings. The molecule has 1 heterocycles. The van der Waals surface area contributed by atoms with Gasteiger partial charge in [-0.15, -0.1) is 0 Å². The number of hydrogen-bond acceptors (Lipinski definition) is 3. The van der Waals surface area contributed by atoms with Gasteiger partial charge in [0.05, 0.1) is 12.7 Å². The summed E-state index contributed by atoms with van der Waals surface area (Å²) < 4.78 is 5.76. The number of rotatable bonds is 4. The van der Waals surface area contributed by atoms with E-state index in [9.17, 15) is 0 Å². The van der Waals surface area contributed by atoms with E-state index in [2.05, 4.69) is 10.2 Å². The van der Waals surface area contributed by atoms with E-state index in [0.29, 0.717) is 6.10 Å². The largest absolute Gasteiger partial charge is 0.374 e. The zero-order valence-electron chi connectivity index (χ0n) is 11.3. The van der Waals surface area contributed by atoms with Crippen LogP contribution in [0, 0.1) is 5.92 Å². The topological polar surface area (TPSA) is 24.5 Å². The van der Waals surface area contributed by atoms with Gasteiger partial charge in [-0.3, -0.25) is 4.90 Å². The van der Waals surface area contributed by atoms with Crippen LogP contribution in [0.4, 0.5) is 0 Å². The van der Waals surface area contributed by atoms with Crippen molar-refractivity contribution in [3.8, 4) is 0 Å². The van der Waals surface area contributed by atoms with Gasteiger partial charge in [0, 0.05) is 26.2 Å². The van der Waals surface area contributed by atoms with E-state index in [4.69, 9.17) is 4.74 Å². The maximum absolute atomic E-state index is 5.76. The van der Waals surface area contributed by atoms with Gasteiger partial charge in [0.1, 0.15) is 0 Å². The molecule has 17 heavy (non-hydrogen) atoms. The summed E-state index contributed by atoms with van der Waals surface area (Å²) in [5.74, 6) is 0.950. The van der Waals surface area contributed by atoms with Crippen molar-refractivity contribution in [3.05, 3.63) is 0 Å². The molecule has 0 amide bonds. The Bertz CT molecular complexity index is 200. The molecule has 0 aromatic heterocycles. The fourth-order valence-corrected chi connectivity index (χ4v) is 3.21. The first-order chi connectivity index (χ1) is 8.38. The molecular weight excluding hydrogens is 212 g/mol. The Morgan fingerprint density at radius 2 is 1.94 bits per heavy atom. The molecule has 2 rings (SSSR count). The normalized spacial score (nSPS) is 29.1. The van der Waals surface area contributed by atoms with Crippen LogP contribution in [-0.2, 0) is 4.74 Å². The van der Waals surface area contributed by atoms with E-state index in [1.54, 1.807) is 0 Å². The van der Waals surface area contributed by atoms with Gasteiger partial charge in [0.15, 0.2) is 0 Å². The van der Waals surface area contributed by atoms with Crippen LogP contribution >= 0.6 is 0 Å². The number of nitrogens with zero attached hydrogens (tertiary/aromatic N) is 1. The minimum Gasteiger partial charge on any atom is -0.374 e. The van der Waals surface area contributed by atoms with Gasteiger partial charge < -0.3 is 10.1 Å². The van der Waals surface area contributed by atoms with E-state index in [1.807, 2.05) is 7.05 Å². The molecule has 2 aliphatic rings.